The maximum Gasteiger partial charge on any atom is 0.303 e. The Morgan fingerprint density at radius 3 is 2.23 bits per heavy atom. The van der Waals surface area contributed by atoms with Gasteiger partial charge >= 0.3 is 5.97 Å². The van der Waals surface area contributed by atoms with Gasteiger partial charge in [0.2, 0.25) is 0 Å². The monoisotopic (exact) mass is 188 g/mol. The molecule has 13 heavy (non-hydrogen) atoms. The van der Waals surface area contributed by atoms with Gasteiger partial charge in [0, 0.05) is 13.0 Å². The Morgan fingerprint density at radius 2 is 1.77 bits per heavy atom. The van der Waals surface area contributed by atoms with E-state index >= 15 is 0 Å². The average Bonchev–Trinajstić information content (AvgIpc) is 2.02. The van der Waals surface area contributed by atoms with Crippen molar-refractivity contribution in [2.45, 2.75) is 39.5 Å². The van der Waals surface area contributed by atoms with Crippen molar-refractivity contribution in [3.05, 3.63) is 0 Å². The van der Waals surface area contributed by atoms with Gasteiger partial charge in [-0.3, -0.25) is 4.79 Å². The molecule has 0 heterocycles. The molecule has 3 heteroatoms. The van der Waals surface area contributed by atoms with Crippen LogP contribution in [0, 0.1) is 11.8 Å². The van der Waals surface area contributed by atoms with E-state index in [1.54, 1.807) is 0 Å². The minimum absolute atomic E-state index is 0.229. The summed E-state index contributed by atoms with van der Waals surface area (Å²) < 4.78 is 0. The van der Waals surface area contributed by atoms with Crippen LogP contribution in [0.25, 0.3) is 0 Å². The molecule has 0 amide bonds. The summed E-state index contributed by atoms with van der Waals surface area (Å²) in [5.74, 6) is -0.122. The molecule has 0 saturated carbocycles. The molecule has 0 aromatic rings. The average molecular weight is 188 g/mol. The Labute approximate surface area is 79.8 Å². The van der Waals surface area contributed by atoms with Crippen LogP contribution in [0.4, 0.5) is 0 Å². The number of carboxylic acids is 1. The van der Waals surface area contributed by atoms with Crippen LogP contribution < -0.4 is 0 Å². The van der Waals surface area contributed by atoms with Gasteiger partial charge in [-0.05, 0) is 18.3 Å². The highest BCUT2D eigenvalue weighted by Crippen LogP contribution is 2.14. The van der Waals surface area contributed by atoms with Crippen LogP contribution in [0.1, 0.15) is 39.5 Å². The van der Waals surface area contributed by atoms with Gasteiger partial charge in [-0.25, -0.2) is 0 Å². The maximum atomic E-state index is 10.3. The summed E-state index contributed by atoms with van der Waals surface area (Å²) in [6.07, 6.45) is 3.20. The van der Waals surface area contributed by atoms with Crippen LogP contribution in [0.3, 0.4) is 0 Å². The first-order valence-electron chi connectivity index (χ1n) is 4.89. The summed E-state index contributed by atoms with van der Waals surface area (Å²) in [4.78, 5) is 10.3. The van der Waals surface area contributed by atoms with Crippen molar-refractivity contribution in [2.24, 2.45) is 11.8 Å². The molecule has 0 unspecified atom stereocenters. The predicted octanol–water partition coefficient (Wildman–Crippen LogP) is 1.90. The van der Waals surface area contributed by atoms with Crippen molar-refractivity contribution < 1.29 is 15.0 Å². The molecule has 0 fully saturated rings. The van der Waals surface area contributed by atoms with Crippen molar-refractivity contribution in [3.63, 3.8) is 0 Å². The Hall–Kier alpha value is -0.570. The molecule has 0 aliphatic rings. The Bertz CT molecular complexity index is 145. The van der Waals surface area contributed by atoms with E-state index in [2.05, 4.69) is 0 Å². The van der Waals surface area contributed by atoms with E-state index in [0.29, 0.717) is 5.92 Å². The van der Waals surface area contributed by atoms with Gasteiger partial charge in [0.1, 0.15) is 0 Å². The summed E-state index contributed by atoms with van der Waals surface area (Å²) in [6, 6.07) is 0. The lowest BCUT2D eigenvalue weighted by Crippen LogP contribution is -2.06. The number of aliphatic hydroxyl groups excluding tert-OH is 1. The number of hydrogen-bond acceptors (Lipinski definition) is 2. The smallest absolute Gasteiger partial charge is 0.303 e. The van der Waals surface area contributed by atoms with E-state index in [4.69, 9.17) is 10.2 Å². The van der Waals surface area contributed by atoms with E-state index in [9.17, 15) is 4.79 Å². The lowest BCUT2D eigenvalue weighted by atomic mass is 9.97. The highest BCUT2D eigenvalue weighted by atomic mass is 16.4. The predicted molar refractivity (Wildman–Crippen MR) is 51.5 cm³/mol. The molecule has 78 valence electrons. The molecular weight excluding hydrogens is 168 g/mol. The third kappa shape index (κ3) is 7.78. The topological polar surface area (TPSA) is 57.5 Å². The Morgan fingerprint density at radius 1 is 1.23 bits per heavy atom. The molecule has 2 N–H and O–H groups in total. The fourth-order valence-corrected chi connectivity index (χ4v) is 1.31. The van der Waals surface area contributed by atoms with Crippen molar-refractivity contribution in [3.8, 4) is 0 Å². The lowest BCUT2D eigenvalue weighted by Gasteiger charge is -2.10. The first-order chi connectivity index (χ1) is 6.06. The van der Waals surface area contributed by atoms with Gasteiger partial charge in [0.05, 0.1) is 0 Å². The minimum Gasteiger partial charge on any atom is -0.481 e. The lowest BCUT2D eigenvalue weighted by molar-refractivity contribution is -0.138. The molecule has 0 aromatic carbocycles. The van der Waals surface area contributed by atoms with Crippen LogP contribution in [0.5, 0.6) is 0 Å². The van der Waals surface area contributed by atoms with E-state index in [0.717, 1.165) is 19.3 Å². The number of aliphatic carboxylic acids is 1. The van der Waals surface area contributed by atoms with Crippen molar-refractivity contribution >= 4 is 5.97 Å². The standard InChI is InChI=1S/C10H20O3/c1-8(6-10(12)13)4-3-5-9(2)7-11/h8-9,11H,3-7H2,1-2H3,(H,12,13)/t8-,9+/m1/s1. The van der Waals surface area contributed by atoms with Gasteiger partial charge < -0.3 is 10.2 Å². The second-order valence-electron chi connectivity index (χ2n) is 3.92. The molecule has 3 nitrogen and oxygen atoms in total. The van der Waals surface area contributed by atoms with Crippen LogP contribution in [0.15, 0.2) is 0 Å². The van der Waals surface area contributed by atoms with Gasteiger partial charge in [-0.1, -0.05) is 26.7 Å². The summed E-state index contributed by atoms with van der Waals surface area (Å²) >= 11 is 0. The van der Waals surface area contributed by atoms with Gasteiger partial charge in [0.15, 0.2) is 0 Å². The number of carbonyl (C=O) groups is 1. The zero-order chi connectivity index (χ0) is 10.3. The van der Waals surface area contributed by atoms with E-state index < -0.39 is 5.97 Å². The summed E-state index contributed by atoms with van der Waals surface area (Å²) in [6.45, 7) is 4.19. The number of hydrogen-bond donors (Lipinski definition) is 2. The highest BCUT2D eigenvalue weighted by molar-refractivity contribution is 5.66. The second-order valence-corrected chi connectivity index (χ2v) is 3.92. The molecular formula is C10H20O3. The van der Waals surface area contributed by atoms with Crippen LogP contribution in [-0.4, -0.2) is 22.8 Å². The molecule has 0 bridgehead atoms. The summed E-state index contributed by atoms with van der Waals surface area (Å²) in [5.41, 5.74) is 0. The minimum atomic E-state index is -0.720. The zero-order valence-electron chi connectivity index (χ0n) is 8.49. The first-order valence-corrected chi connectivity index (χ1v) is 4.89. The van der Waals surface area contributed by atoms with E-state index in [1.807, 2.05) is 13.8 Å². The second kappa shape index (κ2) is 6.89. The number of carboxylic acid groups (broad SMARTS) is 1. The molecule has 0 aromatic heterocycles. The molecule has 0 aliphatic carbocycles. The molecule has 0 aliphatic heterocycles. The maximum absolute atomic E-state index is 10.3. The highest BCUT2D eigenvalue weighted by Gasteiger charge is 2.08. The van der Waals surface area contributed by atoms with Crippen molar-refractivity contribution in [2.75, 3.05) is 6.61 Å². The molecule has 0 rings (SSSR count). The van der Waals surface area contributed by atoms with Crippen LogP contribution >= 0.6 is 0 Å². The first kappa shape index (κ1) is 12.4. The largest absolute Gasteiger partial charge is 0.481 e. The third-order valence-electron chi connectivity index (χ3n) is 2.23. The molecule has 2 atom stereocenters. The number of aliphatic hydroxyl groups is 1. The van der Waals surface area contributed by atoms with Crippen LogP contribution in [0.2, 0.25) is 0 Å². The normalized spacial score (nSPS) is 15.3. The van der Waals surface area contributed by atoms with E-state index in [-0.39, 0.29) is 18.9 Å². The number of rotatable bonds is 7. The summed E-state index contributed by atoms with van der Waals surface area (Å²) in [5, 5.41) is 17.2. The van der Waals surface area contributed by atoms with Gasteiger partial charge in [-0.15, -0.1) is 0 Å². The van der Waals surface area contributed by atoms with Crippen molar-refractivity contribution in [1.29, 1.82) is 0 Å². The third-order valence-corrected chi connectivity index (χ3v) is 2.23. The van der Waals surface area contributed by atoms with Crippen molar-refractivity contribution in [1.82, 2.24) is 0 Å². The summed E-state index contributed by atoms with van der Waals surface area (Å²) in [7, 11) is 0. The molecule has 0 spiro atoms. The quantitative estimate of drug-likeness (QED) is 0.641. The SMILES string of the molecule is C[C@H](CO)CCC[C@@H](C)CC(=O)O. The van der Waals surface area contributed by atoms with Gasteiger partial charge in [0.25, 0.3) is 0 Å². The molecule has 0 radical (unpaired) electrons. The van der Waals surface area contributed by atoms with Gasteiger partial charge in [-0.2, -0.15) is 0 Å². The Kier molecular flexibility index (Phi) is 6.59. The fourth-order valence-electron chi connectivity index (χ4n) is 1.31. The fraction of sp³-hybridized carbons (Fsp3) is 0.900. The van der Waals surface area contributed by atoms with Crippen LogP contribution in [-0.2, 0) is 4.79 Å². The van der Waals surface area contributed by atoms with E-state index in [1.165, 1.54) is 0 Å². The Balaban J connectivity index is 3.36. The molecule has 0 saturated heterocycles. The zero-order valence-corrected chi connectivity index (χ0v) is 8.49.